The van der Waals surface area contributed by atoms with Gasteiger partial charge in [-0.3, -0.25) is 4.79 Å². The summed E-state index contributed by atoms with van der Waals surface area (Å²) in [6, 6.07) is 12.4. The van der Waals surface area contributed by atoms with Crippen LogP contribution in [0.25, 0.3) is 11.6 Å². The normalized spacial score (nSPS) is 19.0. The van der Waals surface area contributed by atoms with Gasteiger partial charge in [-0.05, 0) is 48.8 Å². The number of piperidine rings is 1. The summed E-state index contributed by atoms with van der Waals surface area (Å²) in [5, 5.41) is 2.03. The number of hydrogen-bond donors (Lipinski definition) is 0. The standard InChI is InChI=1S/C20H23NOS/c1-15-6-3-8-17(12-15)13-18(19-9-5-11-23-19)20(22)21-10-4-7-16(2)14-21/h3,5-6,8-9,11-13,16H,4,7,10,14H2,1-2H3/b18-13-/t16-/m0/s1. The van der Waals surface area contributed by atoms with E-state index in [2.05, 4.69) is 32.0 Å². The second-order valence-corrected chi connectivity index (χ2v) is 7.40. The van der Waals surface area contributed by atoms with Gasteiger partial charge in [-0.2, -0.15) is 0 Å². The molecule has 0 N–H and O–H groups in total. The van der Waals surface area contributed by atoms with Gasteiger partial charge in [-0.25, -0.2) is 0 Å². The summed E-state index contributed by atoms with van der Waals surface area (Å²) < 4.78 is 0. The highest BCUT2D eigenvalue weighted by molar-refractivity contribution is 7.11. The molecule has 2 aromatic rings. The van der Waals surface area contributed by atoms with E-state index in [9.17, 15) is 4.79 Å². The average Bonchev–Trinajstić information content (AvgIpc) is 3.06. The average molecular weight is 325 g/mol. The number of carbonyl (C=O) groups is 1. The Morgan fingerprint density at radius 2 is 2.17 bits per heavy atom. The third-order valence-electron chi connectivity index (χ3n) is 4.31. The molecule has 0 aliphatic carbocycles. The molecule has 1 aromatic heterocycles. The van der Waals surface area contributed by atoms with Gasteiger partial charge in [0.15, 0.2) is 0 Å². The van der Waals surface area contributed by atoms with Crippen LogP contribution in [0.4, 0.5) is 0 Å². The first kappa shape index (κ1) is 16.0. The van der Waals surface area contributed by atoms with Crippen molar-refractivity contribution in [3.05, 3.63) is 57.8 Å². The van der Waals surface area contributed by atoms with Crippen molar-refractivity contribution in [1.82, 2.24) is 4.90 Å². The minimum Gasteiger partial charge on any atom is -0.338 e. The number of likely N-dealkylation sites (tertiary alicyclic amines) is 1. The van der Waals surface area contributed by atoms with Gasteiger partial charge in [0, 0.05) is 18.0 Å². The van der Waals surface area contributed by atoms with Crippen LogP contribution in [-0.4, -0.2) is 23.9 Å². The number of benzene rings is 1. The molecule has 0 saturated carbocycles. The van der Waals surface area contributed by atoms with E-state index in [1.807, 2.05) is 34.6 Å². The summed E-state index contributed by atoms with van der Waals surface area (Å²) in [5.74, 6) is 0.761. The molecule has 23 heavy (non-hydrogen) atoms. The van der Waals surface area contributed by atoms with Crippen molar-refractivity contribution in [2.24, 2.45) is 5.92 Å². The SMILES string of the molecule is Cc1cccc(/C=C(\C(=O)N2CCC[C@H](C)C2)c2cccs2)c1. The number of nitrogens with zero attached hydrogens (tertiary/aromatic N) is 1. The molecule has 1 aromatic carbocycles. The molecule has 2 nitrogen and oxygen atoms in total. The third-order valence-corrected chi connectivity index (χ3v) is 5.22. The fraction of sp³-hybridized carbons (Fsp3) is 0.350. The molecule has 1 saturated heterocycles. The second-order valence-electron chi connectivity index (χ2n) is 6.45. The molecule has 0 spiro atoms. The van der Waals surface area contributed by atoms with Crippen molar-refractivity contribution in [2.75, 3.05) is 13.1 Å². The first-order valence-electron chi connectivity index (χ1n) is 8.25. The Labute approximate surface area is 142 Å². The predicted octanol–water partition coefficient (Wildman–Crippen LogP) is 4.86. The molecule has 120 valence electrons. The summed E-state index contributed by atoms with van der Waals surface area (Å²) in [6.45, 7) is 6.06. The Balaban J connectivity index is 1.94. The molecule has 3 rings (SSSR count). The molecule has 0 radical (unpaired) electrons. The van der Waals surface area contributed by atoms with E-state index < -0.39 is 0 Å². The molecule has 1 amide bonds. The molecule has 3 heteroatoms. The largest absolute Gasteiger partial charge is 0.338 e. The van der Waals surface area contributed by atoms with Gasteiger partial charge in [0.05, 0.1) is 5.57 Å². The van der Waals surface area contributed by atoms with Gasteiger partial charge in [0.2, 0.25) is 0 Å². The van der Waals surface area contributed by atoms with Crippen molar-refractivity contribution in [2.45, 2.75) is 26.7 Å². The predicted molar refractivity (Wildman–Crippen MR) is 98.3 cm³/mol. The first-order valence-corrected chi connectivity index (χ1v) is 9.13. The third kappa shape index (κ3) is 3.91. The van der Waals surface area contributed by atoms with Gasteiger partial charge in [0.1, 0.15) is 0 Å². The van der Waals surface area contributed by atoms with E-state index in [0.717, 1.165) is 35.5 Å². The Hall–Kier alpha value is -1.87. The van der Waals surface area contributed by atoms with Gasteiger partial charge in [0.25, 0.3) is 5.91 Å². The van der Waals surface area contributed by atoms with Crippen LogP contribution in [-0.2, 0) is 4.79 Å². The minimum atomic E-state index is 0.167. The number of thiophene rings is 1. The van der Waals surface area contributed by atoms with Crippen LogP contribution in [0.5, 0.6) is 0 Å². The molecule has 1 aliphatic heterocycles. The maximum Gasteiger partial charge on any atom is 0.255 e. The number of rotatable bonds is 3. The number of carbonyl (C=O) groups excluding carboxylic acids is 1. The molecular weight excluding hydrogens is 302 g/mol. The summed E-state index contributed by atoms with van der Waals surface area (Å²) >= 11 is 1.63. The molecule has 0 unspecified atom stereocenters. The van der Waals surface area contributed by atoms with Crippen LogP contribution < -0.4 is 0 Å². The van der Waals surface area contributed by atoms with E-state index in [1.54, 1.807) is 11.3 Å². The van der Waals surface area contributed by atoms with E-state index in [-0.39, 0.29) is 5.91 Å². The molecule has 1 atom stereocenters. The highest BCUT2D eigenvalue weighted by atomic mass is 32.1. The van der Waals surface area contributed by atoms with Crippen LogP contribution in [0, 0.1) is 12.8 Å². The molecule has 2 heterocycles. The lowest BCUT2D eigenvalue weighted by molar-refractivity contribution is -0.126. The zero-order chi connectivity index (χ0) is 16.2. The Morgan fingerprint density at radius 3 is 2.87 bits per heavy atom. The molecule has 1 aliphatic rings. The van der Waals surface area contributed by atoms with Crippen molar-refractivity contribution in [3.63, 3.8) is 0 Å². The number of aryl methyl sites for hydroxylation is 1. The molecule has 1 fully saturated rings. The quantitative estimate of drug-likeness (QED) is 0.738. The van der Waals surface area contributed by atoms with Crippen LogP contribution in [0.3, 0.4) is 0 Å². The monoisotopic (exact) mass is 325 g/mol. The lowest BCUT2D eigenvalue weighted by atomic mass is 9.98. The maximum atomic E-state index is 13.1. The summed E-state index contributed by atoms with van der Waals surface area (Å²) in [4.78, 5) is 16.2. The number of hydrogen-bond acceptors (Lipinski definition) is 2. The molecular formula is C20H23NOS. The van der Waals surface area contributed by atoms with Crippen molar-refractivity contribution in [3.8, 4) is 0 Å². The zero-order valence-corrected chi connectivity index (χ0v) is 14.6. The van der Waals surface area contributed by atoms with Crippen molar-refractivity contribution in [1.29, 1.82) is 0 Å². The van der Waals surface area contributed by atoms with Crippen LogP contribution in [0.15, 0.2) is 41.8 Å². The zero-order valence-electron chi connectivity index (χ0n) is 13.8. The van der Waals surface area contributed by atoms with Crippen molar-refractivity contribution >= 4 is 28.9 Å². The number of amides is 1. The van der Waals surface area contributed by atoms with Crippen LogP contribution in [0.1, 0.15) is 35.8 Å². The van der Waals surface area contributed by atoms with E-state index in [0.29, 0.717) is 5.92 Å². The Bertz CT molecular complexity index is 702. The van der Waals surface area contributed by atoms with E-state index in [1.165, 1.54) is 12.0 Å². The van der Waals surface area contributed by atoms with Crippen LogP contribution >= 0.6 is 11.3 Å². The smallest absolute Gasteiger partial charge is 0.255 e. The van der Waals surface area contributed by atoms with Gasteiger partial charge in [-0.15, -0.1) is 11.3 Å². The van der Waals surface area contributed by atoms with Crippen LogP contribution in [0.2, 0.25) is 0 Å². The van der Waals surface area contributed by atoms with E-state index in [4.69, 9.17) is 0 Å². The van der Waals surface area contributed by atoms with Crippen molar-refractivity contribution < 1.29 is 4.79 Å². The Morgan fingerprint density at radius 1 is 1.30 bits per heavy atom. The minimum absolute atomic E-state index is 0.167. The fourth-order valence-electron chi connectivity index (χ4n) is 3.14. The maximum absolute atomic E-state index is 13.1. The van der Waals surface area contributed by atoms with Gasteiger partial charge >= 0.3 is 0 Å². The highest BCUT2D eigenvalue weighted by Gasteiger charge is 2.24. The highest BCUT2D eigenvalue weighted by Crippen LogP contribution is 2.27. The lowest BCUT2D eigenvalue weighted by Crippen LogP contribution is -2.39. The van der Waals surface area contributed by atoms with E-state index >= 15 is 0 Å². The first-order chi connectivity index (χ1) is 11.1. The molecule has 0 bridgehead atoms. The lowest BCUT2D eigenvalue weighted by Gasteiger charge is -2.31. The summed E-state index contributed by atoms with van der Waals surface area (Å²) in [6.07, 6.45) is 4.37. The van der Waals surface area contributed by atoms with Gasteiger partial charge in [-0.1, -0.05) is 42.8 Å². The second kappa shape index (κ2) is 7.14. The topological polar surface area (TPSA) is 20.3 Å². The Kier molecular flexibility index (Phi) is 4.97. The fourth-order valence-corrected chi connectivity index (χ4v) is 3.87. The van der Waals surface area contributed by atoms with Gasteiger partial charge < -0.3 is 4.90 Å². The summed E-state index contributed by atoms with van der Waals surface area (Å²) in [5.41, 5.74) is 3.12. The summed E-state index contributed by atoms with van der Waals surface area (Å²) in [7, 11) is 0.